The molecule has 1 aliphatic rings. The number of nitrogen functional groups attached to an aromatic ring is 1. The first kappa shape index (κ1) is 13.9. The number of hydrogen-bond acceptors (Lipinski definition) is 3. The summed E-state index contributed by atoms with van der Waals surface area (Å²) in [6.07, 6.45) is 4.84. The zero-order valence-corrected chi connectivity index (χ0v) is 12.6. The van der Waals surface area contributed by atoms with E-state index in [1.54, 1.807) is 12.1 Å². The van der Waals surface area contributed by atoms with Crippen molar-refractivity contribution >= 4 is 31.5 Å². The Bertz CT molecular complexity index is 522. The molecule has 1 saturated carbocycles. The highest BCUT2D eigenvalue weighted by atomic mass is 79.9. The predicted octanol–water partition coefficient (Wildman–Crippen LogP) is 3.28. The number of sulfone groups is 1. The van der Waals surface area contributed by atoms with Crippen LogP contribution in [0.25, 0.3) is 0 Å². The summed E-state index contributed by atoms with van der Waals surface area (Å²) < 4.78 is 25.4. The molecule has 0 radical (unpaired) electrons. The van der Waals surface area contributed by atoms with Crippen LogP contribution in [-0.4, -0.2) is 13.7 Å². The molecule has 0 saturated heterocycles. The third-order valence-electron chi connectivity index (χ3n) is 3.53. The topological polar surface area (TPSA) is 60.2 Å². The number of nitrogens with two attached hydrogens (primary N) is 1. The number of rotatable bonds is 3. The van der Waals surface area contributed by atoms with Crippen LogP contribution < -0.4 is 5.73 Å². The molecule has 0 bridgehead atoms. The van der Waals surface area contributed by atoms with E-state index in [1.807, 2.05) is 6.07 Å². The molecule has 1 aromatic rings. The molecule has 1 aliphatic carbocycles. The molecule has 5 heteroatoms. The lowest BCUT2D eigenvalue weighted by atomic mass is 10.0. The Balaban J connectivity index is 2.19. The van der Waals surface area contributed by atoms with E-state index >= 15 is 0 Å². The second kappa shape index (κ2) is 5.61. The minimum absolute atomic E-state index is 0.0866. The quantitative estimate of drug-likeness (QED) is 0.864. The maximum absolute atomic E-state index is 12.4. The smallest absolute Gasteiger partial charge is 0.157 e. The average Bonchev–Trinajstić information content (AvgIpc) is 2.36. The molecule has 0 unspecified atom stereocenters. The highest BCUT2D eigenvalue weighted by Gasteiger charge is 2.27. The molecule has 2 rings (SSSR count). The SMILES string of the molecule is Nc1cccc(CS(=O)(=O)C2CCCCC2)c1Br. The van der Waals surface area contributed by atoms with Crippen LogP contribution in [0.2, 0.25) is 0 Å². The van der Waals surface area contributed by atoms with Gasteiger partial charge in [0.25, 0.3) is 0 Å². The number of benzene rings is 1. The van der Waals surface area contributed by atoms with Crippen molar-refractivity contribution in [3.05, 3.63) is 28.2 Å². The fraction of sp³-hybridized carbons (Fsp3) is 0.538. The number of halogens is 1. The van der Waals surface area contributed by atoms with E-state index in [0.29, 0.717) is 10.2 Å². The Morgan fingerprint density at radius 1 is 1.22 bits per heavy atom. The fourth-order valence-corrected chi connectivity index (χ4v) is 5.02. The van der Waals surface area contributed by atoms with Crippen molar-refractivity contribution in [1.29, 1.82) is 0 Å². The molecule has 18 heavy (non-hydrogen) atoms. The van der Waals surface area contributed by atoms with Crippen LogP contribution in [0.15, 0.2) is 22.7 Å². The summed E-state index contributed by atoms with van der Waals surface area (Å²) >= 11 is 3.37. The lowest BCUT2D eigenvalue weighted by molar-refractivity contribution is 0.483. The molecule has 2 N–H and O–H groups in total. The highest BCUT2D eigenvalue weighted by molar-refractivity contribution is 9.10. The lowest BCUT2D eigenvalue weighted by Crippen LogP contribution is -2.25. The van der Waals surface area contributed by atoms with E-state index in [0.717, 1.165) is 37.7 Å². The first-order valence-corrected chi connectivity index (χ1v) is 8.76. The van der Waals surface area contributed by atoms with Crippen molar-refractivity contribution in [3.63, 3.8) is 0 Å². The van der Waals surface area contributed by atoms with Crippen LogP contribution in [0.1, 0.15) is 37.7 Å². The average molecular weight is 332 g/mol. The van der Waals surface area contributed by atoms with Gasteiger partial charge in [0.1, 0.15) is 0 Å². The fourth-order valence-electron chi connectivity index (χ4n) is 2.47. The molecule has 0 atom stereocenters. The third-order valence-corrected chi connectivity index (χ3v) is 6.69. The summed E-state index contributed by atoms with van der Waals surface area (Å²) in [5.41, 5.74) is 7.13. The molecule has 0 amide bonds. The Labute approximate surface area is 117 Å². The van der Waals surface area contributed by atoms with Gasteiger partial charge in [-0.3, -0.25) is 0 Å². The number of anilines is 1. The van der Waals surface area contributed by atoms with Crippen LogP contribution in [0, 0.1) is 0 Å². The van der Waals surface area contributed by atoms with E-state index in [4.69, 9.17) is 5.73 Å². The second-order valence-electron chi connectivity index (χ2n) is 4.89. The summed E-state index contributed by atoms with van der Waals surface area (Å²) in [5, 5.41) is -0.167. The van der Waals surface area contributed by atoms with Crippen molar-refractivity contribution in [2.75, 3.05) is 5.73 Å². The molecule has 100 valence electrons. The van der Waals surface area contributed by atoms with Crippen molar-refractivity contribution in [2.24, 2.45) is 0 Å². The van der Waals surface area contributed by atoms with Gasteiger partial charge < -0.3 is 5.73 Å². The van der Waals surface area contributed by atoms with Crippen LogP contribution in [-0.2, 0) is 15.6 Å². The molecule has 0 heterocycles. The van der Waals surface area contributed by atoms with Gasteiger partial charge >= 0.3 is 0 Å². The van der Waals surface area contributed by atoms with Crippen molar-refractivity contribution in [2.45, 2.75) is 43.1 Å². The molecule has 1 fully saturated rings. The molecule has 1 aromatic carbocycles. The first-order chi connectivity index (χ1) is 8.50. The van der Waals surface area contributed by atoms with Crippen LogP contribution in [0.4, 0.5) is 5.69 Å². The zero-order valence-electron chi connectivity index (χ0n) is 10.2. The van der Waals surface area contributed by atoms with E-state index in [-0.39, 0.29) is 11.0 Å². The van der Waals surface area contributed by atoms with E-state index in [9.17, 15) is 8.42 Å². The molecule has 0 aliphatic heterocycles. The molecule has 0 spiro atoms. The van der Waals surface area contributed by atoms with Gasteiger partial charge in [0.2, 0.25) is 0 Å². The second-order valence-corrected chi connectivity index (χ2v) is 7.96. The van der Waals surface area contributed by atoms with Gasteiger partial charge in [0.15, 0.2) is 9.84 Å². The molecular weight excluding hydrogens is 314 g/mol. The van der Waals surface area contributed by atoms with Gasteiger partial charge in [-0.1, -0.05) is 31.4 Å². The normalized spacial score (nSPS) is 17.8. The highest BCUT2D eigenvalue weighted by Crippen LogP contribution is 2.30. The third kappa shape index (κ3) is 3.06. The Kier molecular flexibility index (Phi) is 4.33. The van der Waals surface area contributed by atoms with Crippen LogP contribution in [0.3, 0.4) is 0 Å². The maximum Gasteiger partial charge on any atom is 0.157 e. The van der Waals surface area contributed by atoms with Crippen molar-refractivity contribution in [1.82, 2.24) is 0 Å². The summed E-state index contributed by atoms with van der Waals surface area (Å²) in [6, 6.07) is 5.38. The van der Waals surface area contributed by atoms with E-state index in [1.165, 1.54) is 0 Å². The van der Waals surface area contributed by atoms with E-state index < -0.39 is 9.84 Å². The van der Waals surface area contributed by atoms with E-state index in [2.05, 4.69) is 15.9 Å². The van der Waals surface area contributed by atoms with Crippen molar-refractivity contribution in [3.8, 4) is 0 Å². The summed E-state index contributed by atoms with van der Waals surface area (Å²) in [6.45, 7) is 0. The Hall–Kier alpha value is -0.550. The minimum atomic E-state index is -3.06. The largest absolute Gasteiger partial charge is 0.398 e. The van der Waals surface area contributed by atoms with Gasteiger partial charge in [-0.2, -0.15) is 0 Å². The monoisotopic (exact) mass is 331 g/mol. The standard InChI is InChI=1S/C13H18BrNO2S/c14-13-10(5-4-8-12(13)15)9-18(16,17)11-6-2-1-3-7-11/h4-5,8,11H,1-3,6-7,9,15H2. The van der Waals surface area contributed by atoms with Gasteiger partial charge in [-0.05, 0) is 40.4 Å². The van der Waals surface area contributed by atoms with Gasteiger partial charge in [0, 0.05) is 10.2 Å². The van der Waals surface area contributed by atoms with Crippen LogP contribution in [0.5, 0.6) is 0 Å². The first-order valence-electron chi connectivity index (χ1n) is 6.25. The zero-order chi connectivity index (χ0) is 13.2. The predicted molar refractivity (Wildman–Crippen MR) is 78.1 cm³/mol. The Morgan fingerprint density at radius 2 is 1.89 bits per heavy atom. The summed E-state index contributed by atoms with van der Waals surface area (Å²) in [5.74, 6) is 0.0866. The summed E-state index contributed by atoms with van der Waals surface area (Å²) in [4.78, 5) is 0. The molecule has 3 nitrogen and oxygen atoms in total. The molecule has 0 aromatic heterocycles. The lowest BCUT2D eigenvalue weighted by Gasteiger charge is -2.22. The minimum Gasteiger partial charge on any atom is -0.398 e. The van der Waals surface area contributed by atoms with Gasteiger partial charge in [-0.25, -0.2) is 8.42 Å². The number of hydrogen-bond donors (Lipinski definition) is 1. The van der Waals surface area contributed by atoms with Gasteiger partial charge in [0.05, 0.1) is 11.0 Å². The maximum atomic E-state index is 12.4. The van der Waals surface area contributed by atoms with Crippen molar-refractivity contribution < 1.29 is 8.42 Å². The van der Waals surface area contributed by atoms with Crippen LogP contribution >= 0.6 is 15.9 Å². The molecular formula is C13H18BrNO2S. The summed E-state index contributed by atoms with van der Waals surface area (Å²) in [7, 11) is -3.06. The Morgan fingerprint density at radius 3 is 2.56 bits per heavy atom. The van der Waals surface area contributed by atoms with Gasteiger partial charge in [-0.15, -0.1) is 0 Å².